The summed E-state index contributed by atoms with van der Waals surface area (Å²) < 4.78 is 5.32. The third-order valence-electron chi connectivity index (χ3n) is 4.03. The molecule has 100 valence electrons. The summed E-state index contributed by atoms with van der Waals surface area (Å²) in [6.45, 7) is 8.43. The lowest BCUT2D eigenvalue weighted by molar-refractivity contribution is 0.258. The fraction of sp³-hybridized carbons (Fsp3) is 0.846. The Morgan fingerprint density at radius 3 is 3.06 bits per heavy atom. The molecule has 2 unspecified atom stereocenters. The van der Waals surface area contributed by atoms with Gasteiger partial charge in [0.1, 0.15) is 0 Å². The van der Waals surface area contributed by atoms with Gasteiger partial charge in [-0.2, -0.15) is 4.98 Å². The van der Waals surface area contributed by atoms with Crippen molar-refractivity contribution in [3.05, 3.63) is 11.7 Å². The van der Waals surface area contributed by atoms with Gasteiger partial charge in [-0.05, 0) is 25.3 Å². The standard InChI is InChI=1S/C13H22N4O/c1-9(2)13-15-12(18-16-13)8-17-6-10-4-3-5-14-11(10)7-17/h9-11,14H,3-8H2,1-2H3. The quantitative estimate of drug-likeness (QED) is 0.878. The maximum atomic E-state index is 5.32. The highest BCUT2D eigenvalue weighted by atomic mass is 16.5. The molecule has 1 aromatic rings. The zero-order chi connectivity index (χ0) is 12.5. The lowest BCUT2D eigenvalue weighted by Crippen LogP contribution is -2.40. The van der Waals surface area contributed by atoms with Gasteiger partial charge in [0.25, 0.3) is 0 Å². The van der Waals surface area contributed by atoms with E-state index in [0.29, 0.717) is 12.0 Å². The fourth-order valence-electron chi connectivity index (χ4n) is 3.02. The van der Waals surface area contributed by atoms with Gasteiger partial charge in [-0.15, -0.1) is 0 Å². The number of piperidine rings is 1. The highest BCUT2D eigenvalue weighted by molar-refractivity contribution is 4.95. The molecule has 1 N–H and O–H groups in total. The summed E-state index contributed by atoms with van der Waals surface area (Å²) in [7, 11) is 0. The summed E-state index contributed by atoms with van der Waals surface area (Å²) in [5.41, 5.74) is 0. The smallest absolute Gasteiger partial charge is 0.240 e. The van der Waals surface area contributed by atoms with E-state index in [-0.39, 0.29) is 0 Å². The van der Waals surface area contributed by atoms with Crippen LogP contribution in [0.3, 0.4) is 0 Å². The molecule has 0 aromatic carbocycles. The first-order chi connectivity index (χ1) is 8.72. The first-order valence-corrected chi connectivity index (χ1v) is 7.00. The SMILES string of the molecule is CC(C)c1noc(CN2CC3CCCNC3C2)n1. The van der Waals surface area contributed by atoms with Crippen molar-refractivity contribution in [3.63, 3.8) is 0 Å². The van der Waals surface area contributed by atoms with Crippen molar-refractivity contribution in [2.24, 2.45) is 5.92 Å². The number of fused-ring (bicyclic) bond motifs is 1. The Bertz CT molecular complexity index is 389. The Hall–Kier alpha value is -0.940. The Balaban J connectivity index is 1.59. The Labute approximate surface area is 108 Å². The van der Waals surface area contributed by atoms with Crippen LogP contribution in [0.2, 0.25) is 0 Å². The molecule has 0 aliphatic carbocycles. The maximum absolute atomic E-state index is 5.32. The van der Waals surface area contributed by atoms with Crippen LogP contribution in [0.15, 0.2) is 4.52 Å². The molecule has 5 nitrogen and oxygen atoms in total. The van der Waals surface area contributed by atoms with E-state index >= 15 is 0 Å². The largest absolute Gasteiger partial charge is 0.338 e. The Morgan fingerprint density at radius 2 is 2.33 bits per heavy atom. The number of hydrogen-bond acceptors (Lipinski definition) is 5. The van der Waals surface area contributed by atoms with Crippen LogP contribution >= 0.6 is 0 Å². The van der Waals surface area contributed by atoms with E-state index in [2.05, 4.69) is 34.2 Å². The molecule has 3 heterocycles. The minimum Gasteiger partial charge on any atom is -0.338 e. The van der Waals surface area contributed by atoms with Crippen molar-refractivity contribution in [1.82, 2.24) is 20.4 Å². The monoisotopic (exact) mass is 250 g/mol. The molecule has 0 bridgehead atoms. The van der Waals surface area contributed by atoms with E-state index in [0.717, 1.165) is 37.3 Å². The molecule has 0 saturated carbocycles. The van der Waals surface area contributed by atoms with Crippen LogP contribution < -0.4 is 5.32 Å². The third-order valence-corrected chi connectivity index (χ3v) is 4.03. The topological polar surface area (TPSA) is 54.2 Å². The van der Waals surface area contributed by atoms with Gasteiger partial charge in [0.2, 0.25) is 5.89 Å². The van der Waals surface area contributed by atoms with Crippen molar-refractivity contribution in [3.8, 4) is 0 Å². The van der Waals surface area contributed by atoms with Crippen LogP contribution in [0, 0.1) is 5.92 Å². The Kier molecular flexibility index (Phi) is 3.35. The minimum atomic E-state index is 0.338. The zero-order valence-electron chi connectivity index (χ0n) is 11.2. The number of aromatic nitrogens is 2. The summed E-state index contributed by atoms with van der Waals surface area (Å²) in [5.74, 6) is 2.73. The van der Waals surface area contributed by atoms with Crippen LogP contribution in [0.4, 0.5) is 0 Å². The predicted octanol–water partition coefficient (Wildman–Crippen LogP) is 1.38. The minimum absolute atomic E-state index is 0.338. The van der Waals surface area contributed by atoms with E-state index in [4.69, 9.17) is 4.52 Å². The molecule has 2 fully saturated rings. The van der Waals surface area contributed by atoms with E-state index < -0.39 is 0 Å². The molecule has 0 radical (unpaired) electrons. The number of nitrogens with one attached hydrogen (secondary N) is 1. The number of nitrogens with zero attached hydrogens (tertiary/aromatic N) is 3. The summed E-state index contributed by atoms with van der Waals surface area (Å²) in [6.07, 6.45) is 2.67. The predicted molar refractivity (Wildman–Crippen MR) is 68.2 cm³/mol. The molecule has 2 aliphatic heterocycles. The number of hydrogen-bond donors (Lipinski definition) is 1. The molecule has 2 saturated heterocycles. The third kappa shape index (κ3) is 2.42. The van der Waals surface area contributed by atoms with Gasteiger partial charge >= 0.3 is 0 Å². The average Bonchev–Trinajstić information content (AvgIpc) is 2.94. The Morgan fingerprint density at radius 1 is 1.44 bits per heavy atom. The second-order valence-corrected chi connectivity index (χ2v) is 5.86. The second-order valence-electron chi connectivity index (χ2n) is 5.86. The van der Waals surface area contributed by atoms with E-state index in [1.807, 2.05) is 0 Å². The van der Waals surface area contributed by atoms with Crippen molar-refractivity contribution >= 4 is 0 Å². The summed E-state index contributed by atoms with van der Waals surface area (Å²) in [5, 5.41) is 7.63. The van der Waals surface area contributed by atoms with Gasteiger partial charge in [-0.25, -0.2) is 0 Å². The maximum Gasteiger partial charge on any atom is 0.240 e. The molecule has 2 atom stereocenters. The molecule has 18 heavy (non-hydrogen) atoms. The first kappa shape index (κ1) is 12.1. The summed E-state index contributed by atoms with van der Waals surface area (Å²) in [6, 6.07) is 0.672. The van der Waals surface area contributed by atoms with Gasteiger partial charge in [0.05, 0.1) is 6.54 Å². The average molecular weight is 250 g/mol. The van der Waals surface area contributed by atoms with E-state index in [9.17, 15) is 0 Å². The van der Waals surface area contributed by atoms with Crippen molar-refractivity contribution < 1.29 is 4.52 Å². The van der Waals surface area contributed by atoms with Gasteiger partial charge in [-0.1, -0.05) is 19.0 Å². The van der Waals surface area contributed by atoms with E-state index in [1.54, 1.807) is 0 Å². The van der Waals surface area contributed by atoms with Crippen LogP contribution in [-0.4, -0.2) is 40.7 Å². The molecular weight excluding hydrogens is 228 g/mol. The lowest BCUT2D eigenvalue weighted by atomic mass is 9.94. The zero-order valence-corrected chi connectivity index (χ0v) is 11.2. The second kappa shape index (κ2) is 4.97. The molecule has 5 heteroatoms. The highest BCUT2D eigenvalue weighted by Gasteiger charge is 2.34. The fourth-order valence-corrected chi connectivity index (χ4v) is 3.02. The summed E-state index contributed by atoms with van der Waals surface area (Å²) in [4.78, 5) is 6.89. The van der Waals surface area contributed by atoms with Crippen LogP contribution in [0.5, 0.6) is 0 Å². The molecule has 1 aromatic heterocycles. The highest BCUT2D eigenvalue weighted by Crippen LogP contribution is 2.25. The molecule has 0 spiro atoms. The molecule has 2 aliphatic rings. The summed E-state index contributed by atoms with van der Waals surface area (Å²) >= 11 is 0. The van der Waals surface area contributed by atoms with Gasteiger partial charge in [-0.3, -0.25) is 4.90 Å². The van der Waals surface area contributed by atoms with Crippen LogP contribution in [0.25, 0.3) is 0 Å². The number of rotatable bonds is 3. The van der Waals surface area contributed by atoms with Gasteiger partial charge in [0, 0.05) is 25.0 Å². The normalized spacial score (nSPS) is 28.8. The first-order valence-electron chi connectivity index (χ1n) is 7.00. The van der Waals surface area contributed by atoms with Crippen molar-refractivity contribution in [2.75, 3.05) is 19.6 Å². The molecule has 0 amide bonds. The molecular formula is C13H22N4O. The molecule has 3 rings (SSSR count). The van der Waals surface area contributed by atoms with Gasteiger partial charge in [0.15, 0.2) is 5.82 Å². The van der Waals surface area contributed by atoms with Crippen molar-refractivity contribution in [1.29, 1.82) is 0 Å². The van der Waals surface area contributed by atoms with Crippen LogP contribution in [-0.2, 0) is 6.54 Å². The van der Waals surface area contributed by atoms with Crippen molar-refractivity contribution in [2.45, 2.75) is 45.2 Å². The lowest BCUT2D eigenvalue weighted by Gasteiger charge is -2.24. The van der Waals surface area contributed by atoms with E-state index in [1.165, 1.54) is 19.4 Å². The number of likely N-dealkylation sites (tertiary alicyclic amines) is 1. The van der Waals surface area contributed by atoms with Gasteiger partial charge < -0.3 is 9.84 Å². The van der Waals surface area contributed by atoms with Crippen LogP contribution in [0.1, 0.15) is 44.3 Å².